The summed E-state index contributed by atoms with van der Waals surface area (Å²) in [5.41, 5.74) is 6.00. The lowest BCUT2D eigenvalue weighted by Gasteiger charge is -2.05. The van der Waals surface area contributed by atoms with Gasteiger partial charge in [-0.25, -0.2) is 10.2 Å². The zero-order chi connectivity index (χ0) is 23.9. The van der Waals surface area contributed by atoms with E-state index in [9.17, 15) is 9.59 Å². The van der Waals surface area contributed by atoms with Crippen LogP contribution in [-0.4, -0.2) is 27.9 Å². The molecular weight excluding hydrogens is 452 g/mol. The van der Waals surface area contributed by atoms with Crippen molar-refractivity contribution in [1.82, 2.24) is 15.2 Å². The maximum atomic E-state index is 12.3. The lowest BCUT2D eigenvalue weighted by molar-refractivity contribution is 0.0734. The number of carbonyl (C=O) groups is 2. The minimum atomic E-state index is -0.427. The third kappa shape index (κ3) is 6.17. The molecule has 8 heteroatoms. The van der Waals surface area contributed by atoms with Crippen LogP contribution in [0.3, 0.4) is 0 Å². The number of hydrazone groups is 1. The van der Waals surface area contributed by atoms with Crippen molar-refractivity contribution in [2.75, 3.05) is 0 Å². The molecule has 3 aromatic carbocycles. The van der Waals surface area contributed by atoms with Gasteiger partial charge in [-0.15, -0.1) is 0 Å². The molecule has 0 aliphatic rings. The highest BCUT2D eigenvalue weighted by Gasteiger charge is 2.10. The van der Waals surface area contributed by atoms with Crippen LogP contribution in [0.1, 0.15) is 37.5 Å². The van der Waals surface area contributed by atoms with E-state index in [0.29, 0.717) is 22.9 Å². The highest BCUT2D eigenvalue weighted by molar-refractivity contribution is 6.30. The summed E-state index contributed by atoms with van der Waals surface area (Å²) in [6.45, 7) is 2.47. The average Bonchev–Trinajstić information content (AvgIpc) is 3.31. The number of nitrogens with one attached hydrogen (secondary N) is 1. The van der Waals surface area contributed by atoms with Crippen LogP contribution in [0.5, 0.6) is 5.75 Å². The van der Waals surface area contributed by atoms with Gasteiger partial charge >= 0.3 is 5.97 Å². The highest BCUT2D eigenvalue weighted by atomic mass is 35.5. The standard InChI is InChI=1S/C26H21ClN4O3/c1-18-2-8-21(9-3-18)26(33)34-23-12-6-19(7-13-23)16-28-29-25(32)24-14-15-31(30-24)17-20-4-10-22(27)11-5-20/h2-16H,17H2,1H3,(H,29,32)/b28-16-. The summed E-state index contributed by atoms with van der Waals surface area (Å²) in [6, 6.07) is 23.0. The molecule has 1 N–H and O–H groups in total. The second-order valence-electron chi connectivity index (χ2n) is 7.55. The summed E-state index contributed by atoms with van der Waals surface area (Å²) >= 11 is 5.90. The molecule has 1 aromatic heterocycles. The summed E-state index contributed by atoms with van der Waals surface area (Å²) in [7, 11) is 0. The fourth-order valence-electron chi connectivity index (χ4n) is 3.05. The second kappa shape index (κ2) is 10.6. The first kappa shape index (κ1) is 22.9. The monoisotopic (exact) mass is 472 g/mol. The number of amides is 1. The number of hydrogen-bond acceptors (Lipinski definition) is 5. The molecule has 0 aliphatic heterocycles. The lowest BCUT2D eigenvalue weighted by Crippen LogP contribution is -2.18. The van der Waals surface area contributed by atoms with Gasteiger partial charge in [-0.2, -0.15) is 10.2 Å². The van der Waals surface area contributed by atoms with Gasteiger partial charge in [0.25, 0.3) is 5.91 Å². The molecule has 0 bridgehead atoms. The van der Waals surface area contributed by atoms with E-state index in [4.69, 9.17) is 16.3 Å². The third-order valence-corrected chi connectivity index (χ3v) is 5.14. The normalized spacial score (nSPS) is 10.9. The molecular formula is C26H21ClN4O3. The van der Waals surface area contributed by atoms with Crippen molar-refractivity contribution in [2.24, 2.45) is 5.10 Å². The number of aromatic nitrogens is 2. The summed E-state index contributed by atoms with van der Waals surface area (Å²) in [5, 5.41) is 8.91. The number of benzene rings is 3. The molecule has 34 heavy (non-hydrogen) atoms. The number of esters is 1. The van der Waals surface area contributed by atoms with Crippen LogP contribution in [0.2, 0.25) is 5.02 Å². The van der Waals surface area contributed by atoms with Gasteiger partial charge in [0.05, 0.1) is 18.3 Å². The van der Waals surface area contributed by atoms with Crippen molar-refractivity contribution in [1.29, 1.82) is 0 Å². The van der Waals surface area contributed by atoms with E-state index in [1.165, 1.54) is 6.21 Å². The van der Waals surface area contributed by atoms with Crippen LogP contribution in [0.15, 0.2) is 90.2 Å². The average molecular weight is 473 g/mol. The molecule has 0 saturated heterocycles. The fourth-order valence-corrected chi connectivity index (χ4v) is 3.17. The third-order valence-electron chi connectivity index (χ3n) is 4.89. The number of halogens is 1. The Morgan fingerprint density at radius 1 is 1.00 bits per heavy atom. The predicted molar refractivity (Wildman–Crippen MR) is 130 cm³/mol. The van der Waals surface area contributed by atoms with E-state index in [1.54, 1.807) is 53.3 Å². The van der Waals surface area contributed by atoms with Gasteiger partial charge in [0.15, 0.2) is 5.69 Å². The summed E-state index contributed by atoms with van der Waals surface area (Å²) < 4.78 is 7.04. The number of ether oxygens (including phenoxy) is 1. The van der Waals surface area contributed by atoms with Crippen LogP contribution in [-0.2, 0) is 6.54 Å². The van der Waals surface area contributed by atoms with Crippen LogP contribution in [0.4, 0.5) is 0 Å². The maximum absolute atomic E-state index is 12.3. The fraction of sp³-hybridized carbons (Fsp3) is 0.0769. The van der Waals surface area contributed by atoms with Crippen molar-refractivity contribution in [3.8, 4) is 5.75 Å². The zero-order valence-electron chi connectivity index (χ0n) is 18.3. The number of aryl methyl sites for hydroxylation is 1. The van der Waals surface area contributed by atoms with Crippen LogP contribution < -0.4 is 10.2 Å². The number of nitrogens with zero attached hydrogens (tertiary/aromatic N) is 3. The quantitative estimate of drug-likeness (QED) is 0.180. The number of carbonyl (C=O) groups excluding carboxylic acids is 2. The molecule has 0 spiro atoms. The highest BCUT2D eigenvalue weighted by Crippen LogP contribution is 2.14. The largest absolute Gasteiger partial charge is 0.423 e. The van der Waals surface area contributed by atoms with Gasteiger partial charge < -0.3 is 4.74 Å². The molecule has 1 heterocycles. The lowest BCUT2D eigenvalue weighted by atomic mass is 10.1. The Morgan fingerprint density at radius 3 is 2.41 bits per heavy atom. The Balaban J connectivity index is 1.29. The molecule has 0 saturated carbocycles. The van der Waals surface area contributed by atoms with Crippen molar-refractivity contribution in [3.05, 3.63) is 118 Å². The predicted octanol–water partition coefficient (Wildman–Crippen LogP) is 4.88. The minimum absolute atomic E-state index is 0.254. The van der Waals surface area contributed by atoms with Crippen molar-refractivity contribution in [2.45, 2.75) is 13.5 Å². The molecule has 4 rings (SSSR count). The van der Waals surface area contributed by atoms with Crippen LogP contribution >= 0.6 is 11.6 Å². The molecule has 0 radical (unpaired) electrons. The van der Waals surface area contributed by atoms with Crippen molar-refractivity contribution >= 4 is 29.7 Å². The number of hydrogen-bond donors (Lipinski definition) is 1. The van der Waals surface area contributed by atoms with Gasteiger partial charge in [-0.05, 0) is 72.6 Å². The zero-order valence-corrected chi connectivity index (χ0v) is 19.1. The first-order valence-corrected chi connectivity index (χ1v) is 10.8. The Morgan fingerprint density at radius 2 is 1.71 bits per heavy atom. The SMILES string of the molecule is Cc1ccc(C(=O)Oc2ccc(/C=N\NC(=O)c3ccn(Cc4ccc(Cl)cc4)n3)cc2)cc1. The maximum Gasteiger partial charge on any atom is 0.343 e. The van der Waals surface area contributed by atoms with E-state index in [1.807, 2.05) is 43.3 Å². The van der Waals surface area contributed by atoms with Crippen molar-refractivity contribution < 1.29 is 14.3 Å². The Hall–Kier alpha value is -4.23. The summed E-state index contributed by atoms with van der Waals surface area (Å²) in [6.07, 6.45) is 3.22. The molecule has 0 aliphatic carbocycles. The van der Waals surface area contributed by atoms with Crippen LogP contribution in [0, 0.1) is 6.92 Å². The van der Waals surface area contributed by atoms with Gasteiger partial charge in [0.1, 0.15) is 5.75 Å². The Bertz CT molecular complexity index is 1310. The number of rotatable bonds is 7. The summed E-state index contributed by atoms with van der Waals surface area (Å²) in [4.78, 5) is 24.5. The first-order valence-electron chi connectivity index (χ1n) is 10.5. The van der Waals surface area contributed by atoms with E-state index >= 15 is 0 Å². The smallest absolute Gasteiger partial charge is 0.343 e. The Labute approximate surface area is 201 Å². The van der Waals surface area contributed by atoms with E-state index < -0.39 is 11.9 Å². The molecule has 0 fully saturated rings. The van der Waals surface area contributed by atoms with E-state index in [0.717, 1.165) is 16.7 Å². The molecule has 0 unspecified atom stereocenters. The second-order valence-corrected chi connectivity index (χ2v) is 7.99. The van der Waals surface area contributed by atoms with Gasteiger partial charge in [0, 0.05) is 11.2 Å². The van der Waals surface area contributed by atoms with Gasteiger partial charge in [-0.3, -0.25) is 9.48 Å². The van der Waals surface area contributed by atoms with Gasteiger partial charge in [-0.1, -0.05) is 41.4 Å². The topological polar surface area (TPSA) is 85.6 Å². The molecule has 1 amide bonds. The first-order chi connectivity index (χ1) is 16.5. The van der Waals surface area contributed by atoms with Crippen LogP contribution in [0.25, 0.3) is 0 Å². The molecule has 4 aromatic rings. The summed E-state index contributed by atoms with van der Waals surface area (Å²) in [5.74, 6) is -0.433. The molecule has 7 nitrogen and oxygen atoms in total. The van der Waals surface area contributed by atoms with E-state index in [-0.39, 0.29) is 5.69 Å². The van der Waals surface area contributed by atoms with Crippen molar-refractivity contribution in [3.63, 3.8) is 0 Å². The Kier molecular flexibility index (Phi) is 7.15. The molecule has 0 atom stereocenters. The van der Waals surface area contributed by atoms with E-state index in [2.05, 4.69) is 15.6 Å². The minimum Gasteiger partial charge on any atom is -0.423 e. The molecule has 170 valence electrons. The van der Waals surface area contributed by atoms with Gasteiger partial charge in [0.2, 0.25) is 0 Å².